The Balaban J connectivity index is 2.47. The van der Waals surface area contributed by atoms with Gasteiger partial charge in [-0.05, 0) is 31.9 Å². The van der Waals surface area contributed by atoms with E-state index < -0.39 is 0 Å². The molecule has 5 heteroatoms. The summed E-state index contributed by atoms with van der Waals surface area (Å²) >= 11 is 0. The molecule has 112 valence electrons. The van der Waals surface area contributed by atoms with Crippen molar-refractivity contribution in [3.63, 3.8) is 0 Å². The van der Waals surface area contributed by atoms with Gasteiger partial charge in [0.15, 0.2) is 0 Å². The van der Waals surface area contributed by atoms with E-state index in [1.807, 2.05) is 23.1 Å². The van der Waals surface area contributed by atoms with Gasteiger partial charge in [-0.1, -0.05) is 26.3 Å². The first kappa shape index (κ1) is 15.2. The number of hydrogen-bond acceptors (Lipinski definition) is 5. The summed E-state index contributed by atoms with van der Waals surface area (Å²) in [5, 5.41) is 0. The van der Waals surface area contributed by atoms with Crippen LogP contribution >= 0.6 is 0 Å². The average molecular weight is 285 g/mol. The number of pyridine rings is 1. The monoisotopic (exact) mass is 285 g/mol. The van der Waals surface area contributed by atoms with Crippen LogP contribution in [-0.2, 0) is 12.8 Å². The van der Waals surface area contributed by atoms with Crippen molar-refractivity contribution in [2.45, 2.75) is 40.0 Å². The van der Waals surface area contributed by atoms with Crippen molar-refractivity contribution in [3.8, 4) is 0 Å². The van der Waals surface area contributed by atoms with Crippen LogP contribution in [-0.4, -0.2) is 21.5 Å². The zero-order valence-electron chi connectivity index (χ0n) is 13.0. The molecular formula is C16H23N5. The minimum Gasteiger partial charge on any atom is -0.383 e. The number of nitrogens with zero attached hydrogens (tertiary/aromatic N) is 4. The molecule has 0 aliphatic heterocycles. The third kappa shape index (κ3) is 3.29. The molecule has 2 aromatic rings. The highest BCUT2D eigenvalue weighted by Gasteiger charge is 2.16. The molecule has 2 heterocycles. The quantitative estimate of drug-likeness (QED) is 0.883. The second kappa shape index (κ2) is 7.02. The van der Waals surface area contributed by atoms with E-state index in [1.54, 1.807) is 6.20 Å². The van der Waals surface area contributed by atoms with Crippen molar-refractivity contribution in [1.82, 2.24) is 15.0 Å². The highest BCUT2D eigenvalue weighted by atomic mass is 15.3. The van der Waals surface area contributed by atoms with E-state index in [1.165, 1.54) is 0 Å². The number of aryl methyl sites for hydroxylation is 1. The summed E-state index contributed by atoms with van der Waals surface area (Å²) in [7, 11) is 0. The molecule has 0 aliphatic carbocycles. The van der Waals surface area contributed by atoms with Crippen molar-refractivity contribution < 1.29 is 0 Å². The average Bonchev–Trinajstić information content (AvgIpc) is 2.49. The van der Waals surface area contributed by atoms with Gasteiger partial charge in [0.25, 0.3) is 0 Å². The first-order valence-corrected chi connectivity index (χ1v) is 7.55. The molecule has 2 rings (SSSR count). The Morgan fingerprint density at radius 3 is 2.52 bits per heavy atom. The van der Waals surface area contributed by atoms with Crippen LogP contribution in [0.3, 0.4) is 0 Å². The van der Waals surface area contributed by atoms with E-state index in [9.17, 15) is 0 Å². The predicted molar refractivity (Wildman–Crippen MR) is 86.7 cm³/mol. The summed E-state index contributed by atoms with van der Waals surface area (Å²) in [6.07, 6.45) is 4.59. The van der Waals surface area contributed by atoms with Crippen molar-refractivity contribution in [2.75, 3.05) is 17.2 Å². The second-order valence-corrected chi connectivity index (χ2v) is 4.87. The maximum absolute atomic E-state index is 6.14. The predicted octanol–water partition coefficient (Wildman–Crippen LogP) is 3.13. The molecule has 0 aromatic carbocycles. The summed E-state index contributed by atoms with van der Waals surface area (Å²) in [6, 6.07) is 5.81. The molecule has 0 radical (unpaired) electrons. The topological polar surface area (TPSA) is 67.9 Å². The van der Waals surface area contributed by atoms with Gasteiger partial charge >= 0.3 is 0 Å². The van der Waals surface area contributed by atoms with Gasteiger partial charge in [0.05, 0.1) is 5.69 Å². The van der Waals surface area contributed by atoms with E-state index in [0.717, 1.165) is 42.9 Å². The van der Waals surface area contributed by atoms with Crippen LogP contribution < -0.4 is 10.6 Å². The second-order valence-electron chi connectivity index (χ2n) is 4.87. The van der Waals surface area contributed by atoms with Gasteiger partial charge < -0.3 is 5.73 Å². The molecule has 0 bridgehead atoms. The lowest BCUT2D eigenvalue weighted by Gasteiger charge is -2.21. The minimum absolute atomic E-state index is 0.584. The maximum atomic E-state index is 6.14. The van der Waals surface area contributed by atoms with Crippen LogP contribution in [0.15, 0.2) is 24.4 Å². The Hall–Kier alpha value is -2.17. The largest absolute Gasteiger partial charge is 0.383 e. The molecule has 0 saturated carbocycles. The molecule has 0 atom stereocenters. The van der Waals surface area contributed by atoms with Crippen LogP contribution in [0.1, 0.15) is 38.4 Å². The van der Waals surface area contributed by atoms with E-state index >= 15 is 0 Å². The zero-order valence-corrected chi connectivity index (χ0v) is 13.0. The molecule has 2 N–H and O–H groups in total. The van der Waals surface area contributed by atoms with Crippen molar-refractivity contribution in [3.05, 3.63) is 35.7 Å². The SMILES string of the molecule is CCCc1nc(N(CC)c2ccccn2)nc(N)c1CC. The molecule has 2 aromatic heterocycles. The highest BCUT2D eigenvalue weighted by Crippen LogP contribution is 2.24. The summed E-state index contributed by atoms with van der Waals surface area (Å²) in [4.78, 5) is 15.6. The van der Waals surface area contributed by atoms with Crippen molar-refractivity contribution in [1.29, 1.82) is 0 Å². The highest BCUT2D eigenvalue weighted by molar-refractivity contribution is 5.56. The van der Waals surface area contributed by atoms with Gasteiger partial charge in [-0.3, -0.25) is 4.90 Å². The smallest absolute Gasteiger partial charge is 0.233 e. The van der Waals surface area contributed by atoms with Gasteiger partial charge in [-0.2, -0.15) is 4.98 Å². The lowest BCUT2D eigenvalue weighted by Crippen LogP contribution is -2.22. The minimum atomic E-state index is 0.584. The van der Waals surface area contributed by atoms with Crippen molar-refractivity contribution in [2.24, 2.45) is 0 Å². The Labute approximate surface area is 126 Å². The Morgan fingerprint density at radius 1 is 1.14 bits per heavy atom. The summed E-state index contributed by atoms with van der Waals surface area (Å²) < 4.78 is 0. The van der Waals surface area contributed by atoms with Gasteiger partial charge in [0.1, 0.15) is 11.6 Å². The maximum Gasteiger partial charge on any atom is 0.233 e. The van der Waals surface area contributed by atoms with Gasteiger partial charge in [-0.25, -0.2) is 9.97 Å². The summed E-state index contributed by atoms with van der Waals surface area (Å²) in [5.41, 5.74) is 8.26. The van der Waals surface area contributed by atoms with E-state index in [2.05, 4.69) is 30.7 Å². The molecule has 0 amide bonds. The van der Waals surface area contributed by atoms with E-state index in [4.69, 9.17) is 10.7 Å². The fourth-order valence-corrected chi connectivity index (χ4v) is 2.41. The Bertz CT molecular complexity index is 583. The van der Waals surface area contributed by atoms with E-state index in [-0.39, 0.29) is 0 Å². The number of hydrogen-bond donors (Lipinski definition) is 1. The molecule has 0 fully saturated rings. The third-order valence-corrected chi connectivity index (χ3v) is 3.44. The normalized spacial score (nSPS) is 10.6. The third-order valence-electron chi connectivity index (χ3n) is 3.44. The summed E-state index contributed by atoms with van der Waals surface area (Å²) in [5.74, 6) is 2.06. The number of nitrogen functional groups attached to an aromatic ring is 1. The van der Waals surface area contributed by atoms with Crippen LogP contribution in [0.2, 0.25) is 0 Å². The summed E-state index contributed by atoms with van der Waals surface area (Å²) in [6.45, 7) is 7.03. The molecule has 21 heavy (non-hydrogen) atoms. The van der Waals surface area contributed by atoms with Crippen LogP contribution in [0.4, 0.5) is 17.6 Å². The van der Waals surface area contributed by atoms with Gasteiger partial charge in [-0.15, -0.1) is 0 Å². The van der Waals surface area contributed by atoms with Crippen LogP contribution in [0.5, 0.6) is 0 Å². The standard InChI is InChI=1S/C16H23N5/c1-4-9-13-12(5-2)15(17)20-16(19-13)21(6-3)14-10-7-8-11-18-14/h7-8,10-11H,4-6,9H2,1-3H3,(H2,17,19,20). The van der Waals surface area contributed by atoms with Gasteiger partial charge in [0, 0.05) is 18.3 Å². The van der Waals surface area contributed by atoms with E-state index in [0.29, 0.717) is 11.8 Å². The Kier molecular flexibility index (Phi) is 5.09. The number of anilines is 3. The molecule has 0 saturated heterocycles. The number of nitrogens with two attached hydrogens (primary N) is 1. The number of rotatable bonds is 6. The van der Waals surface area contributed by atoms with Crippen LogP contribution in [0, 0.1) is 0 Å². The molecule has 0 spiro atoms. The lowest BCUT2D eigenvalue weighted by atomic mass is 10.1. The number of aromatic nitrogens is 3. The van der Waals surface area contributed by atoms with Gasteiger partial charge in [0.2, 0.25) is 5.95 Å². The first-order valence-electron chi connectivity index (χ1n) is 7.55. The fourth-order valence-electron chi connectivity index (χ4n) is 2.41. The molecular weight excluding hydrogens is 262 g/mol. The molecule has 0 unspecified atom stereocenters. The first-order chi connectivity index (χ1) is 10.2. The molecule has 5 nitrogen and oxygen atoms in total. The Morgan fingerprint density at radius 2 is 1.95 bits per heavy atom. The zero-order chi connectivity index (χ0) is 15.2. The van der Waals surface area contributed by atoms with Crippen LogP contribution in [0.25, 0.3) is 0 Å². The fraction of sp³-hybridized carbons (Fsp3) is 0.438. The van der Waals surface area contributed by atoms with Crippen molar-refractivity contribution >= 4 is 17.6 Å². The lowest BCUT2D eigenvalue weighted by molar-refractivity contribution is 0.828. The molecule has 0 aliphatic rings.